The Kier molecular flexibility index (Phi) is 6.93. The zero-order valence-corrected chi connectivity index (χ0v) is 18.3. The first-order chi connectivity index (χ1) is 15.1. The van der Waals surface area contributed by atoms with Crippen LogP contribution in [0.5, 0.6) is 0 Å². The highest BCUT2D eigenvalue weighted by Gasteiger charge is 2.25. The number of hydrogen-bond acceptors (Lipinski definition) is 6. The van der Waals surface area contributed by atoms with Crippen molar-refractivity contribution in [3.63, 3.8) is 0 Å². The van der Waals surface area contributed by atoms with E-state index < -0.39 is 5.91 Å². The molecule has 2 aromatic heterocycles. The van der Waals surface area contributed by atoms with Crippen LogP contribution in [0.25, 0.3) is 11.6 Å². The van der Waals surface area contributed by atoms with Crippen LogP contribution in [0.4, 0.5) is 0 Å². The second-order valence-electron chi connectivity index (χ2n) is 7.22. The first-order valence-electron chi connectivity index (χ1n) is 10.1. The summed E-state index contributed by atoms with van der Waals surface area (Å²) in [7, 11) is 0. The number of aromatic nitrogens is 3. The normalized spacial score (nSPS) is 14.4. The van der Waals surface area contributed by atoms with Crippen molar-refractivity contribution in [2.75, 3.05) is 5.75 Å². The Morgan fingerprint density at radius 1 is 1.10 bits per heavy atom. The molecular weight excluding hydrogens is 438 g/mol. The molecule has 2 amide bonds. The van der Waals surface area contributed by atoms with Crippen LogP contribution in [0, 0.1) is 0 Å². The lowest BCUT2D eigenvalue weighted by molar-refractivity contribution is -0.119. The van der Waals surface area contributed by atoms with E-state index >= 15 is 0 Å². The molecule has 0 atom stereocenters. The number of hydrogen-bond donors (Lipinski definition) is 2. The molecule has 8 nitrogen and oxygen atoms in total. The highest BCUT2D eigenvalue weighted by atomic mass is 35.5. The number of thioether (sulfide) groups is 1. The van der Waals surface area contributed by atoms with E-state index in [1.807, 2.05) is 12.1 Å². The summed E-state index contributed by atoms with van der Waals surface area (Å²) in [6, 6.07) is 10.6. The lowest BCUT2D eigenvalue weighted by Gasteiger charge is -2.25. The SMILES string of the molecule is O=C(CSc1nnc(-c2ccco2)n1C1CCCCC1)NNC(=O)c1ccccc1Cl. The van der Waals surface area contributed by atoms with Crippen molar-refractivity contribution < 1.29 is 14.0 Å². The van der Waals surface area contributed by atoms with Crippen molar-refractivity contribution in [2.45, 2.75) is 43.3 Å². The predicted octanol–water partition coefficient (Wildman–Crippen LogP) is 4.25. The summed E-state index contributed by atoms with van der Waals surface area (Å²) >= 11 is 7.28. The van der Waals surface area contributed by atoms with Crippen LogP contribution in [-0.4, -0.2) is 32.3 Å². The van der Waals surface area contributed by atoms with Gasteiger partial charge in [0, 0.05) is 6.04 Å². The number of furan rings is 1. The third kappa shape index (κ3) is 5.11. The minimum absolute atomic E-state index is 0.0752. The number of nitrogens with zero attached hydrogens (tertiary/aromatic N) is 3. The summed E-state index contributed by atoms with van der Waals surface area (Å²) in [4.78, 5) is 24.5. The van der Waals surface area contributed by atoms with E-state index in [1.165, 1.54) is 18.2 Å². The van der Waals surface area contributed by atoms with Gasteiger partial charge in [-0.1, -0.05) is 54.8 Å². The molecule has 0 saturated heterocycles. The molecule has 0 unspecified atom stereocenters. The van der Waals surface area contributed by atoms with E-state index in [2.05, 4.69) is 25.6 Å². The molecule has 3 aromatic rings. The third-order valence-corrected chi connectivity index (χ3v) is 6.38. The Bertz CT molecular complexity index is 1050. The summed E-state index contributed by atoms with van der Waals surface area (Å²) in [6.45, 7) is 0. The molecule has 0 aliphatic heterocycles. The van der Waals surface area contributed by atoms with Gasteiger partial charge in [0.05, 0.1) is 22.6 Å². The molecule has 1 fully saturated rings. The van der Waals surface area contributed by atoms with Crippen molar-refractivity contribution in [2.24, 2.45) is 0 Å². The van der Waals surface area contributed by atoms with Crippen LogP contribution in [0.2, 0.25) is 5.02 Å². The molecule has 0 bridgehead atoms. The highest BCUT2D eigenvalue weighted by molar-refractivity contribution is 7.99. The van der Waals surface area contributed by atoms with Crippen LogP contribution in [-0.2, 0) is 4.79 Å². The standard InChI is InChI=1S/C21H22ClN5O3S/c22-16-10-5-4-9-15(16)20(29)25-23-18(28)13-31-21-26-24-19(17-11-6-12-30-17)27(21)14-7-2-1-3-8-14/h4-6,9-12,14H,1-3,7-8,13H2,(H,23,28)(H,25,29). The van der Waals surface area contributed by atoms with Crippen molar-refractivity contribution in [1.29, 1.82) is 0 Å². The van der Waals surface area contributed by atoms with Gasteiger partial charge in [-0.3, -0.25) is 25.0 Å². The third-order valence-electron chi connectivity index (χ3n) is 5.11. The fourth-order valence-electron chi connectivity index (χ4n) is 3.62. The molecule has 31 heavy (non-hydrogen) atoms. The lowest BCUT2D eigenvalue weighted by atomic mass is 9.95. The van der Waals surface area contributed by atoms with Gasteiger partial charge < -0.3 is 4.42 Å². The van der Waals surface area contributed by atoms with Gasteiger partial charge in [0.25, 0.3) is 5.91 Å². The zero-order valence-electron chi connectivity index (χ0n) is 16.7. The summed E-state index contributed by atoms with van der Waals surface area (Å²) in [5, 5.41) is 9.60. The average Bonchev–Trinajstić information content (AvgIpc) is 3.46. The fraction of sp³-hybridized carbons (Fsp3) is 0.333. The van der Waals surface area contributed by atoms with Gasteiger partial charge in [-0.15, -0.1) is 10.2 Å². The number of hydrazine groups is 1. The van der Waals surface area contributed by atoms with Crippen LogP contribution in [0.1, 0.15) is 48.5 Å². The number of carbonyl (C=O) groups excluding carboxylic acids is 2. The van der Waals surface area contributed by atoms with Crippen molar-refractivity contribution in [1.82, 2.24) is 25.6 Å². The van der Waals surface area contributed by atoms with Crippen molar-refractivity contribution in [3.8, 4) is 11.6 Å². The first kappa shape index (κ1) is 21.5. The largest absolute Gasteiger partial charge is 0.461 e. The van der Waals surface area contributed by atoms with E-state index in [0.717, 1.165) is 25.7 Å². The Morgan fingerprint density at radius 3 is 2.65 bits per heavy atom. The maximum Gasteiger partial charge on any atom is 0.271 e. The maximum absolute atomic E-state index is 12.3. The van der Waals surface area contributed by atoms with E-state index in [1.54, 1.807) is 30.5 Å². The summed E-state index contributed by atoms with van der Waals surface area (Å²) in [5.74, 6) is 0.567. The molecule has 10 heteroatoms. The number of halogens is 1. The van der Waals surface area contributed by atoms with Gasteiger partial charge in [0.2, 0.25) is 11.7 Å². The molecule has 1 aromatic carbocycles. The monoisotopic (exact) mass is 459 g/mol. The minimum atomic E-state index is -0.477. The topological polar surface area (TPSA) is 102 Å². The number of rotatable bonds is 6. The second kappa shape index (κ2) is 10.0. The molecule has 2 heterocycles. The van der Waals surface area contributed by atoms with Crippen molar-refractivity contribution >= 4 is 35.2 Å². The lowest BCUT2D eigenvalue weighted by Crippen LogP contribution is -2.42. The fourth-order valence-corrected chi connectivity index (χ4v) is 4.65. The summed E-state index contributed by atoms with van der Waals surface area (Å²) in [5.41, 5.74) is 5.09. The van der Waals surface area contributed by atoms with Gasteiger partial charge in [0.1, 0.15) is 0 Å². The van der Waals surface area contributed by atoms with Crippen molar-refractivity contribution in [3.05, 3.63) is 53.2 Å². The van der Waals surface area contributed by atoms with Crippen LogP contribution in [0.3, 0.4) is 0 Å². The van der Waals surface area contributed by atoms with E-state index in [9.17, 15) is 9.59 Å². The molecule has 0 radical (unpaired) electrons. The molecule has 2 N–H and O–H groups in total. The van der Waals surface area contributed by atoms with E-state index in [-0.39, 0.29) is 23.3 Å². The highest BCUT2D eigenvalue weighted by Crippen LogP contribution is 2.35. The Morgan fingerprint density at radius 2 is 1.90 bits per heavy atom. The Labute approximate surface area is 188 Å². The molecule has 1 saturated carbocycles. The molecule has 1 aliphatic rings. The number of nitrogens with one attached hydrogen (secondary N) is 2. The molecule has 4 rings (SSSR count). The van der Waals surface area contributed by atoms with Gasteiger partial charge in [-0.05, 0) is 37.1 Å². The number of benzene rings is 1. The van der Waals surface area contributed by atoms with Gasteiger partial charge in [0.15, 0.2) is 10.9 Å². The smallest absolute Gasteiger partial charge is 0.271 e. The maximum atomic E-state index is 12.3. The average molecular weight is 460 g/mol. The molecule has 0 spiro atoms. The number of amides is 2. The molecule has 162 valence electrons. The Balaban J connectivity index is 1.40. The van der Waals surface area contributed by atoms with Gasteiger partial charge in [-0.2, -0.15) is 0 Å². The van der Waals surface area contributed by atoms with Crippen LogP contribution >= 0.6 is 23.4 Å². The summed E-state index contributed by atoms with van der Waals surface area (Å²) in [6.07, 6.45) is 7.22. The van der Waals surface area contributed by atoms with Gasteiger partial charge >= 0.3 is 0 Å². The van der Waals surface area contributed by atoms with Crippen LogP contribution < -0.4 is 10.9 Å². The quantitative estimate of drug-likeness (QED) is 0.422. The predicted molar refractivity (Wildman–Crippen MR) is 118 cm³/mol. The second-order valence-corrected chi connectivity index (χ2v) is 8.57. The zero-order chi connectivity index (χ0) is 21.6. The van der Waals surface area contributed by atoms with Gasteiger partial charge in [-0.25, -0.2) is 0 Å². The minimum Gasteiger partial charge on any atom is -0.461 e. The Hall–Kier alpha value is -2.78. The van der Waals surface area contributed by atoms with E-state index in [0.29, 0.717) is 21.8 Å². The molecule has 1 aliphatic carbocycles. The molecular formula is C21H22ClN5O3S. The summed E-state index contributed by atoms with van der Waals surface area (Å²) < 4.78 is 7.62. The number of carbonyl (C=O) groups is 2. The van der Waals surface area contributed by atoms with E-state index in [4.69, 9.17) is 16.0 Å². The first-order valence-corrected chi connectivity index (χ1v) is 11.4. The van der Waals surface area contributed by atoms with Crippen LogP contribution in [0.15, 0.2) is 52.2 Å².